The van der Waals surface area contributed by atoms with Crippen LogP contribution in [0, 0.1) is 5.92 Å². The lowest BCUT2D eigenvalue weighted by molar-refractivity contribution is -0.228. The normalized spacial score (nSPS) is 15.0. The van der Waals surface area contributed by atoms with Crippen molar-refractivity contribution < 1.29 is 40.3 Å². The molecule has 2 aromatic rings. The van der Waals surface area contributed by atoms with Gasteiger partial charge in [-0.3, -0.25) is 9.59 Å². The van der Waals surface area contributed by atoms with E-state index in [2.05, 4.69) is 22.5 Å². The monoisotopic (exact) mass is 551 g/mol. The molecule has 3 nitrogen and oxygen atoms in total. The second-order valence-electron chi connectivity index (χ2n) is 7.20. The predicted molar refractivity (Wildman–Crippen MR) is 116 cm³/mol. The number of halogens is 8. The first-order valence-corrected chi connectivity index (χ1v) is 10.3. The van der Waals surface area contributed by atoms with Crippen LogP contribution in [0.5, 0.6) is 0 Å². The van der Waals surface area contributed by atoms with E-state index in [0.29, 0.717) is 6.07 Å². The van der Waals surface area contributed by atoms with E-state index in [0.717, 1.165) is 6.08 Å². The highest BCUT2D eigenvalue weighted by Gasteiger charge is 2.54. The van der Waals surface area contributed by atoms with Crippen molar-refractivity contribution in [3.63, 3.8) is 0 Å². The van der Waals surface area contributed by atoms with Gasteiger partial charge >= 0.3 is 12.4 Å². The molecule has 0 aliphatic carbocycles. The Balaban J connectivity index is 2.57. The number of ketones is 1. The molecule has 0 aliphatic heterocycles. The molecule has 0 bridgehead atoms. The molecule has 2 unspecified atom stereocenters. The number of carbonyl (C=O) groups is 2. The zero-order chi connectivity index (χ0) is 25.9. The van der Waals surface area contributed by atoms with Crippen LogP contribution in [0.4, 0.5) is 36.4 Å². The van der Waals surface area contributed by atoms with Crippen molar-refractivity contribution in [1.29, 1.82) is 0 Å². The van der Waals surface area contributed by atoms with Crippen LogP contribution in [-0.4, -0.2) is 17.9 Å². The fourth-order valence-electron chi connectivity index (χ4n) is 2.86. The van der Waals surface area contributed by atoms with Crippen molar-refractivity contribution >= 4 is 33.3 Å². The maximum absolute atomic E-state index is 14.4. The van der Waals surface area contributed by atoms with Crippen molar-refractivity contribution in [3.8, 4) is 0 Å². The van der Waals surface area contributed by atoms with Crippen LogP contribution < -0.4 is 5.32 Å². The Kier molecular flexibility index (Phi) is 8.13. The van der Waals surface area contributed by atoms with Gasteiger partial charge < -0.3 is 5.32 Å². The Morgan fingerprint density at radius 2 is 1.62 bits per heavy atom. The van der Waals surface area contributed by atoms with E-state index in [1.165, 1.54) is 36.4 Å². The Hall–Kier alpha value is -2.95. The quantitative estimate of drug-likeness (QED) is 0.169. The second kappa shape index (κ2) is 10.1. The Bertz CT molecular complexity index is 1110. The number of benzene rings is 2. The molecular formula is C23H17BrF7NO2. The maximum Gasteiger partial charge on any atom is 0.426 e. The summed E-state index contributed by atoms with van der Waals surface area (Å²) < 4.78 is 94.0. The number of carbonyl (C=O) groups excluding carboxylic acids is 2. The van der Waals surface area contributed by atoms with E-state index in [1.807, 2.05) is 5.32 Å². The average molecular weight is 552 g/mol. The van der Waals surface area contributed by atoms with E-state index < -0.39 is 56.9 Å². The molecule has 0 radical (unpaired) electrons. The summed E-state index contributed by atoms with van der Waals surface area (Å²) in [6.45, 7) is 3.49. The van der Waals surface area contributed by atoms with E-state index in [4.69, 9.17) is 0 Å². The summed E-state index contributed by atoms with van der Waals surface area (Å²) in [7, 11) is 0. The molecule has 0 spiro atoms. The summed E-state index contributed by atoms with van der Waals surface area (Å²) in [5, 5.41) is 1.95. The average Bonchev–Trinajstić information content (AvgIpc) is 2.74. The van der Waals surface area contributed by atoms with E-state index >= 15 is 0 Å². The molecule has 2 aromatic carbocycles. The fraction of sp³-hybridized carbons (Fsp3) is 0.217. The van der Waals surface area contributed by atoms with E-state index in [-0.39, 0.29) is 18.6 Å². The highest BCUT2D eigenvalue weighted by atomic mass is 79.9. The number of nitrogens with one attached hydrogen (secondary N) is 1. The van der Waals surface area contributed by atoms with Gasteiger partial charge in [-0.05, 0) is 40.5 Å². The molecule has 0 heterocycles. The summed E-state index contributed by atoms with van der Waals surface area (Å²) in [6.07, 6.45) is -7.17. The topological polar surface area (TPSA) is 46.2 Å². The first-order valence-electron chi connectivity index (χ1n) is 9.47. The fourth-order valence-corrected chi connectivity index (χ4v) is 3.42. The maximum atomic E-state index is 14.4. The van der Waals surface area contributed by atoms with Gasteiger partial charge in [0.2, 0.25) is 11.6 Å². The minimum Gasteiger partial charge on any atom is -0.324 e. The molecular weight excluding hydrogens is 535 g/mol. The number of allylic oxidation sites excluding steroid dienone is 2. The molecule has 0 aliphatic rings. The number of amides is 1. The first-order chi connectivity index (χ1) is 15.6. The van der Waals surface area contributed by atoms with Crippen LogP contribution in [0.15, 0.2) is 71.7 Å². The molecule has 2 atom stereocenters. The number of hydrogen-bond donors (Lipinski definition) is 1. The third-order valence-electron chi connectivity index (χ3n) is 4.78. The zero-order valence-electron chi connectivity index (χ0n) is 17.4. The lowest BCUT2D eigenvalue weighted by atomic mass is 9.93. The van der Waals surface area contributed by atoms with Gasteiger partial charge in [-0.15, -0.1) is 0 Å². The van der Waals surface area contributed by atoms with Crippen LogP contribution in [-0.2, 0) is 16.6 Å². The lowest BCUT2D eigenvalue weighted by Crippen LogP contribution is -2.35. The largest absolute Gasteiger partial charge is 0.426 e. The van der Waals surface area contributed by atoms with Crippen molar-refractivity contribution in [2.24, 2.45) is 5.92 Å². The molecule has 2 rings (SSSR count). The Morgan fingerprint density at radius 3 is 2.12 bits per heavy atom. The van der Waals surface area contributed by atoms with E-state index in [1.54, 1.807) is 6.07 Å². The summed E-state index contributed by atoms with van der Waals surface area (Å²) >= 11 is 2.69. The lowest BCUT2D eigenvalue weighted by Gasteiger charge is -2.26. The first kappa shape index (κ1) is 27.3. The number of rotatable bonds is 7. The molecule has 0 aromatic heterocycles. The van der Waals surface area contributed by atoms with Crippen molar-refractivity contribution in [1.82, 2.24) is 0 Å². The third-order valence-corrected chi connectivity index (χ3v) is 5.41. The van der Waals surface area contributed by atoms with Crippen LogP contribution >= 0.6 is 15.9 Å². The van der Waals surface area contributed by atoms with Gasteiger partial charge in [-0.2, -0.15) is 26.3 Å². The van der Waals surface area contributed by atoms with E-state index in [9.17, 15) is 40.3 Å². The molecule has 1 N–H and O–H groups in total. The van der Waals surface area contributed by atoms with Gasteiger partial charge in [0.05, 0.1) is 11.3 Å². The summed E-state index contributed by atoms with van der Waals surface area (Å²) in [5.74, 6) is -3.52. The van der Waals surface area contributed by atoms with Crippen molar-refractivity contribution in [2.45, 2.75) is 24.9 Å². The zero-order valence-corrected chi connectivity index (χ0v) is 19.0. The van der Waals surface area contributed by atoms with Crippen LogP contribution in [0.3, 0.4) is 0 Å². The van der Waals surface area contributed by atoms with Crippen LogP contribution in [0.25, 0.3) is 0 Å². The molecule has 1 amide bonds. The number of anilines is 1. The highest BCUT2D eigenvalue weighted by molar-refractivity contribution is 9.10. The van der Waals surface area contributed by atoms with Crippen molar-refractivity contribution in [2.75, 3.05) is 5.32 Å². The summed E-state index contributed by atoms with van der Waals surface area (Å²) in [5.41, 5.74) is -8.01. The summed E-state index contributed by atoms with van der Waals surface area (Å²) in [4.78, 5) is 25.6. The molecule has 182 valence electrons. The van der Waals surface area contributed by atoms with Gasteiger partial charge in [0.25, 0.3) is 0 Å². The molecule has 0 saturated heterocycles. The summed E-state index contributed by atoms with van der Waals surface area (Å²) in [6, 6.07) is 7.91. The minimum atomic E-state index is -5.50. The SMILES string of the molecule is C=C/C=C\C(C(=O)Nc1c(Br)cc(C(C)(F)C(F)(F)F)cc1C(F)(F)F)C(=O)c1ccccc1. The molecule has 0 fully saturated rings. The third kappa shape index (κ3) is 5.94. The van der Waals surface area contributed by atoms with Gasteiger partial charge in [0.1, 0.15) is 5.92 Å². The van der Waals surface area contributed by atoms with Gasteiger partial charge in [0, 0.05) is 10.0 Å². The number of Topliss-reactive ketones (excluding diaryl/α,β-unsaturated/α-hetero) is 1. The standard InChI is InChI=1S/C23H17BrF7NO2/c1-3-4-10-15(19(33)13-8-6-5-7-9-13)20(34)32-18-16(22(26,27)28)11-14(12-17(18)24)21(2,25)23(29,30)31/h3-12,15H,1H2,2H3,(H,32,34)/b10-4-. The minimum absolute atomic E-state index is 0.0263. The van der Waals surface area contributed by atoms with Gasteiger partial charge in [-0.1, -0.05) is 55.1 Å². The molecule has 34 heavy (non-hydrogen) atoms. The molecule has 0 saturated carbocycles. The Morgan fingerprint density at radius 1 is 1.03 bits per heavy atom. The number of alkyl halides is 7. The Labute approximate surface area is 198 Å². The molecule has 11 heteroatoms. The number of hydrogen-bond acceptors (Lipinski definition) is 2. The highest BCUT2D eigenvalue weighted by Crippen LogP contribution is 2.47. The second-order valence-corrected chi connectivity index (χ2v) is 8.05. The van der Waals surface area contributed by atoms with Crippen LogP contribution in [0.2, 0.25) is 0 Å². The van der Waals surface area contributed by atoms with Crippen molar-refractivity contribution in [3.05, 3.63) is 88.4 Å². The van der Waals surface area contributed by atoms with Crippen LogP contribution in [0.1, 0.15) is 28.4 Å². The van der Waals surface area contributed by atoms with Gasteiger partial charge in [-0.25, -0.2) is 4.39 Å². The van der Waals surface area contributed by atoms with Gasteiger partial charge in [0.15, 0.2) is 5.78 Å². The predicted octanol–water partition coefficient (Wildman–Crippen LogP) is 7.39. The smallest absolute Gasteiger partial charge is 0.324 e.